The third kappa shape index (κ3) is 7.75. The Kier molecular flexibility index (Phi) is 9.62. The van der Waals surface area contributed by atoms with Crippen molar-refractivity contribution in [1.29, 1.82) is 0 Å². The highest BCUT2D eigenvalue weighted by Crippen LogP contribution is 2.20. The molecule has 0 bridgehead atoms. The predicted molar refractivity (Wildman–Crippen MR) is 151 cm³/mol. The summed E-state index contributed by atoms with van der Waals surface area (Å²) in [5, 5.41) is 1.17. The summed E-state index contributed by atoms with van der Waals surface area (Å²) in [5.74, 6) is 0.584. The molecule has 0 atom stereocenters. The van der Waals surface area contributed by atoms with Gasteiger partial charge in [0.15, 0.2) is 13.2 Å². The number of ether oxygens (including phenoxy) is 2. The van der Waals surface area contributed by atoms with Crippen LogP contribution in [0, 0.1) is 0 Å². The van der Waals surface area contributed by atoms with Gasteiger partial charge >= 0.3 is 0 Å². The van der Waals surface area contributed by atoms with E-state index in [0.29, 0.717) is 32.9 Å². The topological polar surface area (TPSA) is 59.1 Å². The maximum Gasteiger partial charge on any atom is 0.264 e. The highest BCUT2D eigenvalue weighted by molar-refractivity contribution is 6.30. The van der Waals surface area contributed by atoms with E-state index in [0.717, 1.165) is 0 Å². The molecule has 0 heterocycles. The molecule has 0 radical (unpaired) electrons. The van der Waals surface area contributed by atoms with Crippen molar-refractivity contribution >= 4 is 46.4 Å². The maximum atomic E-state index is 13.3. The zero-order valence-corrected chi connectivity index (χ0v) is 22.0. The molecule has 0 spiro atoms. The van der Waals surface area contributed by atoms with E-state index in [1.807, 2.05) is 60.7 Å². The number of rotatable bonds is 11. The zero-order chi connectivity index (χ0) is 26.7. The third-order valence-electron chi connectivity index (χ3n) is 5.64. The van der Waals surface area contributed by atoms with Gasteiger partial charge < -0.3 is 19.3 Å². The van der Waals surface area contributed by atoms with Crippen LogP contribution in [0.2, 0.25) is 10.0 Å². The molecule has 0 N–H and O–H groups in total. The van der Waals surface area contributed by atoms with E-state index in [-0.39, 0.29) is 38.1 Å². The molecule has 0 fully saturated rings. The Bertz CT molecular complexity index is 1210. The van der Waals surface area contributed by atoms with Crippen LogP contribution in [-0.4, -0.2) is 38.1 Å². The van der Waals surface area contributed by atoms with Gasteiger partial charge in [-0.05, 0) is 72.8 Å². The van der Waals surface area contributed by atoms with Crippen molar-refractivity contribution in [3.8, 4) is 11.5 Å². The number of hydrogen-bond donors (Lipinski definition) is 0. The van der Waals surface area contributed by atoms with Crippen LogP contribution >= 0.6 is 23.2 Å². The highest BCUT2D eigenvalue weighted by atomic mass is 35.5. The lowest BCUT2D eigenvalue weighted by Gasteiger charge is -2.28. The first-order valence-electron chi connectivity index (χ1n) is 12.0. The number of anilines is 2. The van der Waals surface area contributed by atoms with Crippen LogP contribution in [-0.2, 0) is 9.59 Å². The quantitative estimate of drug-likeness (QED) is 0.214. The molecule has 6 nitrogen and oxygen atoms in total. The molecule has 4 aromatic carbocycles. The average molecular weight is 549 g/mol. The molecule has 0 aromatic heterocycles. The van der Waals surface area contributed by atoms with Crippen LogP contribution in [0.3, 0.4) is 0 Å². The van der Waals surface area contributed by atoms with Crippen LogP contribution in [0.4, 0.5) is 11.4 Å². The number of carbonyl (C=O) groups excluding carboxylic acids is 2. The number of benzene rings is 4. The van der Waals surface area contributed by atoms with Gasteiger partial charge in [-0.25, -0.2) is 0 Å². The minimum atomic E-state index is -0.246. The number of carbonyl (C=O) groups is 2. The Morgan fingerprint density at radius 1 is 0.526 bits per heavy atom. The van der Waals surface area contributed by atoms with E-state index in [9.17, 15) is 9.59 Å². The lowest BCUT2D eigenvalue weighted by molar-refractivity contribution is -0.122. The molecule has 0 saturated heterocycles. The lowest BCUT2D eigenvalue weighted by atomic mass is 10.2. The van der Waals surface area contributed by atoms with Crippen molar-refractivity contribution in [3.05, 3.63) is 119 Å². The van der Waals surface area contributed by atoms with E-state index < -0.39 is 0 Å². The van der Waals surface area contributed by atoms with Crippen molar-refractivity contribution in [3.63, 3.8) is 0 Å². The van der Waals surface area contributed by atoms with Gasteiger partial charge in [0.05, 0.1) is 0 Å². The lowest BCUT2D eigenvalue weighted by Crippen LogP contribution is -2.44. The van der Waals surface area contributed by atoms with Gasteiger partial charge in [0.25, 0.3) is 11.8 Å². The summed E-state index contributed by atoms with van der Waals surface area (Å²) in [4.78, 5) is 29.8. The van der Waals surface area contributed by atoms with E-state index in [1.165, 1.54) is 0 Å². The standard InChI is InChI=1S/C30H26Cl2N2O4/c31-23-11-15-27(16-12-23)37-21-29(35)33(25-7-3-1-4-8-25)19-20-34(26-9-5-2-6-10-26)30(36)22-38-28-17-13-24(32)14-18-28/h1-18H,19-22H2. The Morgan fingerprint density at radius 2 is 0.868 bits per heavy atom. The van der Waals surface area contributed by atoms with Crippen LogP contribution in [0.25, 0.3) is 0 Å². The second-order valence-corrected chi connectivity index (χ2v) is 9.12. The molecule has 4 aromatic rings. The van der Waals surface area contributed by atoms with Gasteiger partial charge in [0.2, 0.25) is 0 Å². The molecule has 0 aliphatic heterocycles. The summed E-state index contributed by atoms with van der Waals surface area (Å²) in [7, 11) is 0. The van der Waals surface area contributed by atoms with Crippen LogP contribution in [0.1, 0.15) is 0 Å². The summed E-state index contributed by atoms with van der Waals surface area (Å²) < 4.78 is 11.4. The molecule has 2 amide bonds. The summed E-state index contributed by atoms with van der Waals surface area (Å²) >= 11 is 11.9. The number of halogens is 2. The molecular weight excluding hydrogens is 523 g/mol. The molecule has 0 saturated carbocycles. The molecular formula is C30H26Cl2N2O4. The normalized spacial score (nSPS) is 10.5. The fourth-order valence-electron chi connectivity index (χ4n) is 3.72. The first-order valence-corrected chi connectivity index (χ1v) is 12.7. The average Bonchev–Trinajstić information content (AvgIpc) is 2.95. The van der Waals surface area contributed by atoms with Crippen molar-refractivity contribution in [2.24, 2.45) is 0 Å². The maximum absolute atomic E-state index is 13.3. The second-order valence-electron chi connectivity index (χ2n) is 8.25. The van der Waals surface area contributed by atoms with Crippen molar-refractivity contribution in [2.45, 2.75) is 0 Å². The van der Waals surface area contributed by atoms with Crippen molar-refractivity contribution in [2.75, 3.05) is 36.1 Å². The van der Waals surface area contributed by atoms with Crippen LogP contribution < -0.4 is 19.3 Å². The van der Waals surface area contributed by atoms with Crippen molar-refractivity contribution < 1.29 is 19.1 Å². The molecule has 8 heteroatoms. The van der Waals surface area contributed by atoms with Crippen LogP contribution in [0.5, 0.6) is 11.5 Å². The van der Waals surface area contributed by atoms with Gasteiger partial charge in [-0.15, -0.1) is 0 Å². The zero-order valence-electron chi connectivity index (χ0n) is 20.5. The monoisotopic (exact) mass is 548 g/mol. The Morgan fingerprint density at radius 3 is 1.21 bits per heavy atom. The van der Waals surface area contributed by atoms with E-state index in [1.54, 1.807) is 58.3 Å². The molecule has 38 heavy (non-hydrogen) atoms. The molecule has 0 unspecified atom stereocenters. The fraction of sp³-hybridized carbons (Fsp3) is 0.133. The SMILES string of the molecule is O=C(COc1ccc(Cl)cc1)N(CCN(C(=O)COc1ccc(Cl)cc1)c1ccccc1)c1ccccc1. The number of nitrogens with zero attached hydrogens (tertiary/aromatic N) is 2. The van der Waals surface area contributed by atoms with Gasteiger partial charge in [-0.3, -0.25) is 9.59 Å². The summed E-state index contributed by atoms with van der Waals surface area (Å²) in [5.41, 5.74) is 1.41. The van der Waals surface area contributed by atoms with Crippen molar-refractivity contribution in [1.82, 2.24) is 0 Å². The molecule has 194 valence electrons. The first-order chi connectivity index (χ1) is 18.5. The van der Waals surface area contributed by atoms with Gasteiger partial charge in [-0.1, -0.05) is 59.6 Å². The first kappa shape index (κ1) is 27.0. The summed E-state index contributed by atoms with van der Waals surface area (Å²) in [6, 6.07) is 32.2. The third-order valence-corrected chi connectivity index (χ3v) is 6.14. The molecule has 4 rings (SSSR count). The van der Waals surface area contributed by atoms with E-state index in [4.69, 9.17) is 32.7 Å². The van der Waals surface area contributed by atoms with E-state index >= 15 is 0 Å². The number of amides is 2. The summed E-state index contributed by atoms with van der Waals surface area (Å²) in [6.07, 6.45) is 0. The summed E-state index contributed by atoms with van der Waals surface area (Å²) in [6.45, 7) is 0.147. The smallest absolute Gasteiger partial charge is 0.264 e. The second kappa shape index (κ2) is 13.5. The van der Waals surface area contributed by atoms with Gasteiger partial charge in [0.1, 0.15) is 11.5 Å². The predicted octanol–water partition coefficient (Wildman–Crippen LogP) is 6.52. The van der Waals surface area contributed by atoms with E-state index in [2.05, 4.69) is 0 Å². The number of hydrogen-bond acceptors (Lipinski definition) is 4. The Hall–Kier alpha value is -4.00. The minimum Gasteiger partial charge on any atom is -0.484 e. The van der Waals surface area contributed by atoms with Gasteiger partial charge in [0, 0.05) is 34.5 Å². The Labute approximate surface area is 231 Å². The largest absolute Gasteiger partial charge is 0.484 e. The molecule has 0 aliphatic rings. The van der Waals surface area contributed by atoms with Crippen LogP contribution in [0.15, 0.2) is 109 Å². The van der Waals surface area contributed by atoms with Gasteiger partial charge in [-0.2, -0.15) is 0 Å². The minimum absolute atomic E-state index is 0.171. The number of para-hydroxylation sites is 2. The molecule has 0 aliphatic carbocycles. The Balaban J connectivity index is 1.47. The highest BCUT2D eigenvalue weighted by Gasteiger charge is 2.22. The fourth-order valence-corrected chi connectivity index (χ4v) is 3.97.